The van der Waals surface area contributed by atoms with E-state index in [-0.39, 0.29) is 0 Å². The van der Waals surface area contributed by atoms with E-state index in [1.54, 1.807) is 6.07 Å². The first-order valence-corrected chi connectivity index (χ1v) is 6.76. The van der Waals surface area contributed by atoms with Crippen LogP contribution in [0.25, 0.3) is 32.6 Å². The molecule has 20 heavy (non-hydrogen) atoms. The third-order valence-corrected chi connectivity index (χ3v) is 4.11. The van der Waals surface area contributed by atoms with Crippen LogP contribution < -0.4 is 4.73 Å². The Morgan fingerprint density at radius 2 is 1.45 bits per heavy atom. The monoisotopic (exact) mass is 279 g/mol. The SMILES string of the molecule is [O-][n+]1c2ccccc2c(Cl)c2ccc3ccccc3c21. The number of halogens is 1. The summed E-state index contributed by atoms with van der Waals surface area (Å²) in [6.45, 7) is 0. The third kappa shape index (κ3) is 1.43. The number of hydrogen-bond acceptors (Lipinski definition) is 1. The van der Waals surface area contributed by atoms with Crippen LogP contribution in [0, 0.1) is 5.21 Å². The number of hydrogen-bond donors (Lipinski definition) is 0. The van der Waals surface area contributed by atoms with Gasteiger partial charge in [-0.25, -0.2) is 0 Å². The Hall–Kier alpha value is -2.32. The lowest BCUT2D eigenvalue weighted by Gasteiger charge is -2.10. The molecule has 3 heteroatoms. The van der Waals surface area contributed by atoms with E-state index >= 15 is 0 Å². The maximum atomic E-state index is 12.7. The van der Waals surface area contributed by atoms with Gasteiger partial charge in [0.15, 0.2) is 0 Å². The summed E-state index contributed by atoms with van der Waals surface area (Å²) in [5, 5.41) is 16.9. The Balaban J connectivity index is 2.38. The van der Waals surface area contributed by atoms with Crippen LogP contribution in [0.3, 0.4) is 0 Å². The second-order valence-electron chi connectivity index (χ2n) is 4.81. The Kier molecular flexibility index (Phi) is 2.35. The molecular formula is C17H10ClNO. The molecule has 0 saturated heterocycles. The number of benzene rings is 3. The van der Waals surface area contributed by atoms with E-state index in [4.69, 9.17) is 11.6 Å². The Bertz CT molecular complexity index is 979. The summed E-state index contributed by atoms with van der Waals surface area (Å²) in [6.07, 6.45) is 0. The van der Waals surface area contributed by atoms with Crippen molar-refractivity contribution in [2.75, 3.05) is 0 Å². The van der Waals surface area contributed by atoms with Crippen molar-refractivity contribution in [1.82, 2.24) is 0 Å². The first-order valence-electron chi connectivity index (χ1n) is 6.38. The molecule has 0 N–H and O–H groups in total. The van der Waals surface area contributed by atoms with E-state index in [0.717, 1.165) is 26.3 Å². The highest BCUT2D eigenvalue weighted by molar-refractivity contribution is 6.40. The molecule has 0 aliphatic rings. The van der Waals surface area contributed by atoms with Crippen molar-refractivity contribution >= 4 is 44.2 Å². The fraction of sp³-hybridized carbons (Fsp3) is 0. The highest BCUT2D eigenvalue weighted by atomic mass is 35.5. The number of nitrogens with zero attached hydrogens (tertiary/aromatic N) is 1. The normalized spacial score (nSPS) is 11.4. The van der Waals surface area contributed by atoms with Gasteiger partial charge >= 0.3 is 0 Å². The van der Waals surface area contributed by atoms with Gasteiger partial charge in [0, 0.05) is 6.07 Å². The average Bonchev–Trinajstić information content (AvgIpc) is 2.51. The second kappa shape index (κ2) is 4.09. The molecule has 2 nitrogen and oxygen atoms in total. The zero-order valence-electron chi connectivity index (χ0n) is 10.5. The van der Waals surface area contributed by atoms with Gasteiger partial charge in [0.05, 0.1) is 21.2 Å². The maximum Gasteiger partial charge on any atom is 0.233 e. The number of aromatic nitrogens is 1. The van der Waals surface area contributed by atoms with Crippen LogP contribution >= 0.6 is 11.6 Å². The first-order chi connectivity index (χ1) is 9.77. The van der Waals surface area contributed by atoms with Crippen LogP contribution in [-0.2, 0) is 0 Å². The van der Waals surface area contributed by atoms with Gasteiger partial charge in [-0.05, 0) is 23.6 Å². The van der Waals surface area contributed by atoms with E-state index in [2.05, 4.69) is 0 Å². The molecule has 0 fully saturated rings. The summed E-state index contributed by atoms with van der Waals surface area (Å²) in [7, 11) is 0. The lowest BCUT2D eigenvalue weighted by molar-refractivity contribution is -0.546. The number of para-hydroxylation sites is 1. The fourth-order valence-electron chi connectivity index (χ4n) is 2.75. The van der Waals surface area contributed by atoms with Crippen molar-refractivity contribution in [2.24, 2.45) is 0 Å². The Morgan fingerprint density at radius 1 is 0.750 bits per heavy atom. The largest absolute Gasteiger partial charge is 0.618 e. The predicted molar refractivity (Wildman–Crippen MR) is 82.9 cm³/mol. The number of fused-ring (bicyclic) bond motifs is 4. The van der Waals surface area contributed by atoms with Crippen molar-refractivity contribution in [2.45, 2.75) is 0 Å². The molecule has 0 aliphatic carbocycles. The van der Waals surface area contributed by atoms with Crippen LogP contribution in [0.5, 0.6) is 0 Å². The van der Waals surface area contributed by atoms with E-state index in [9.17, 15) is 5.21 Å². The summed E-state index contributed by atoms with van der Waals surface area (Å²) in [6, 6.07) is 19.2. The minimum atomic E-state index is 0.598. The molecule has 0 amide bonds. The standard InChI is InChI=1S/C17H10ClNO/c18-16-13-7-3-4-8-15(13)19(20)17-12-6-2-1-5-11(12)9-10-14(16)17/h1-10H. The molecule has 0 atom stereocenters. The molecule has 1 heterocycles. The lowest BCUT2D eigenvalue weighted by Crippen LogP contribution is -2.28. The second-order valence-corrected chi connectivity index (χ2v) is 5.19. The Labute approximate surface area is 120 Å². The highest BCUT2D eigenvalue weighted by Gasteiger charge is 2.17. The van der Waals surface area contributed by atoms with Gasteiger partial charge < -0.3 is 5.21 Å². The summed E-state index contributed by atoms with van der Waals surface area (Å²) >= 11 is 6.49. The lowest BCUT2D eigenvalue weighted by atomic mass is 10.0. The van der Waals surface area contributed by atoms with Crippen molar-refractivity contribution in [3.63, 3.8) is 0 Å². The fourth-order valence-corrected chi connectivity index (χ4v) is 3.07. The molecule has 0 aliphatic heterocycles. The van der Waals surface area contributed by atoms with Gasteiger partial charge in [0.1, 0.15) is 0 Å². The highest BCUT2D eigenvalue weighted by Crippen LogP contribution is 2.32. The van der Waals surface area contributed by atoms with E-state index in [1.807, 2.05) is 54.6 Å². The maximum absolute atomic E-state index is 12.7. The summed E-state index contributed by atoms with van der Waals surface area (Å²) in [5.41, 5.74) is 1.23. The smallest absolute Gasteiger partial charge is 0.233 e. The molecule has 0 unspecified atom stereocenters. The van der Waals surface area contributed by atoms with Crippen LogP contribution in [0.1, 0.15) is 0 Å². The van der Waals surface area contributed by atoms with E-state index < -0.39 is 0 Å². The van der Waals surface area contributed by atoms with Crippen LogP contribution in [0.2, 0.25) is 5.02 Å². The van der Waals surface area contributed by atoms with Crippen molar-refractivity contribution in [3.05, 3.63) is 70.9 Å². The van der Waals surface area contributed by atoms with Gasteiger partial charge in [-0.2, -0.15) is 4.73 Å². The molecule has 0 bridgehead atoms. The summed E-state index contributed by atoms with van der Waals surface area (Å²) in [4.78, 5) is 0. The minimum absolute atomic E-state index is 0.598. The molecule has 0 spiro atoms. The summed E-state index contributed by atoms with van der Waals surface area (Å²) in [5.74, 6) is 0. The molecule has 0 radical (unpaired) electrons. The topological polar surface area (TPSA) is 26.9 Å². The molecule has 0 saturated carbocycles. The van der Waals surface area contributed by atoms with Crippen molar-refractivity contribution in [1.29, 1.82) is 0 Å². The zero-order valence-corrected chi connectivity index (χ0v) is 11.3. The molecule has 4 rings (SSSR count). The average molecular weight is 280 g/mol. The number of pyridine rings is 1. The zero-order chi connectivity index (χ0) is 13.7. The van der Waals surface area contributed by atoms with Crippen molar-refractivity contribution < 1.29 is 4.73 Å². The summed E-state index contributed by atoms with van der Waals surface area (Å²) < 4.78 is 0.985. The molecule has 4 aromatic rings. The van der Waals surface area contributed by atoms with Crippen LogP contribution in [0.15, 0.2) is 60.7 Å². The first kappa shape index (κ1) is 11.5. The van der Waals surface area contributed by atoms with Gasteiger partial charge in [-0.3, -0.25) is 0 Å². The van der Waals surface area contributed by atoms with Gasteiger partial charge in [0.25, 0.3) is 0 Å². The molecular weight excluding hydrogens is 270 g/mol. The van der Waals surface area contributed by atoms with Crippen LogP contribution in [0.4, 0.5) is 0 Å². The van der Waals surface area contributed by atoms with Gasteiger partial charge in [-0.15, -0.1) is 0 Å². The quantitative estimate of drug-likeness (QED) is 0.202. The van der Waals surface area contributed by atoms with E-state index in [1.165, 1.54) is 0 Å². The van der Waals surface area contributed by atoms with E-state index in [0.29, 0.717) is 16.1 Å². The van der Waals surface area contributed by atoms with Crippen LogP contribution in [-0.4, -0.2) is 0 Å². The third-order valence-electron chi connectivity index (χ3n) is 3.70. The molecule has 96 valence electrons. The molecule has 1 aromatic heterocycles. The number of rotatable bonds is 0. The minimum Gasteiger partial charge on any atom is -0.618 e. The van der Waals surface area contributed by atoms with Gasteiger partial charge in [0.2, 0.25) is 11.0 Å². The predicted octanol–water partition coefficient (Wildman–Crippen LogP) is 4.43. The van der Waals surface area contributed by atoms with Gasteiger partial charge in [-0.1, -0.05) is 48.0 Å². The van der Waals surface area contributed by atoms with Crippen molar-refractivity contribution in [3.8, 4) is 0 Å². The molecule has 3 aromatic carbocycles. The Morgan fingerprint density at radius 3 is 2.30 bits per heavy atom.